The second-order valence-corrected chi connectivity index (χ2v) is 5.47. The number of carbonyl (C=O) groups excluding carboxylic acids is 1. The minimum absolute atomic E-state index is 0.344. The Morgan fingerprint density at radius 3 is 1.72 bits per heavy atom. The molecular weight excluding hydrogens is 350 g/mol. The maximum absolute atomic E-state index is 12.8. The number of aliphatic hydroxyl groups is 1. The molecule has 0 aliphatic heterocycles. The fraction of sp³-hybridized carbons (Fsp3) is 0.235. The van der Waals surface area contributed by atoms with Gasteiger partial charge < -0.3 is 5.11 Å². The van der Waals surface area contributed by atoms with Gasteiger partial charge in [0.1, 0.15) is 6.29 Å². The minimum Gasteiger partial charge on any atom is -0.369 e. The number of hydrogen-bond acceptors (Lipinski definition) is 2. The Morgan fingerprint density at radius 1 is 0.840 bits per heavy atom. The van der Waals surface area contributed by atoms with E-state index in [1.54, 1.807) is 13.0 Å². The van der Waals surface area contributed by atoms with Crippen molar-refractivity contribution in [2.75, 3.05) is 0 Å². The molecule has 0 aliphatic rings. The Kier molecular flexibility index (Phi) is 4.69. The first kappa shape index (κ1) is 19.0. The van der Waals surface area contributed by atoms with Gasteiger partial charge in [-0.2, -0.15) is 26.3 Å². The van der Waals surface area contributed by atoms with Crippen LogP contribution in [-0.4, -0.2) is 23.7 Å². The maximum atomic E-state index is 12.8. The molecule has 134 valence electrons. The Hall–Kier alpha value is -2.35. The highest BCUT2D eigenvalue weighted by atomic mass is 19.4. The van der Waals surface area contributed by atoms with Gasteiger partial charge in [0, 0.05) is 11.1 Å². The summed E-state index contributed by atoms with van der Waals surface area (Å²) in [6.07, 6.45) is -11.2. The number of carbonyl (C=O) groups is 1. The van der Waals surface area contributed by atoms with Crippen molar-refractivity contribution in [3.05, 3.63) is 59.2 Å². The Labute approximate surface area is 138 Å². The Balaban J connectivity index is 2.49. The first-order valence-corrected chi connectivity index (χ1v) is 6.94. The van der Waals surface area contributed by atoms with Gasteiger partial charge in [0.05, 0.1) is 0 Å². The minimum atomic E-state index is -5.92. The molecule has 0 spiro atoms. The Morgan fingerprint density at radius 2 is 1.32 bits per heavy atom. The average molecular weight is 362 g/mol. The summed E-state index contributed by atoms with van der Waals surface area (Å²) in [6.45, 7) is 1.65. The second kappa shape index (κ2) is 6.18. The van der Waals surface area contributed by atoms with Gasteiger partial charge in [-0.05, 0) is 23.6 Å². The summed E-state index contributed by atoms with van der Waals surface area (Å²) in [7, 11) is 0. The van der Waals surface area contributed by atoms with E-state index in [-0.39, 0.29) is 0 Å². The van der Waals surface area contributed by atoms with E-state index in [2.05, 4.69) is 0 Å². The van der Waals surface area contributed by atoms with Crippen molar-refractivity contribution in [2.24, 2.45) is 0 Å². The van der Waals surface area contributed by atoms with Gasteiger partial charge in [0.15, 0.2) is 0 Å². The molecule has 0 amide bonds. The zero-order chi connectivity index (χ0) is 19.0. The number of rotatable bonds is 3. The lowest BCUT2D eigenvalue weighted by atomic mass is 9.90. The Bertz CT molecular complexity index is 761. The van der Waals surface area contributed by atoms with Crippen LogP contribution in [0.5, 0.6) is 0 Å². The zero-order valence-electron chi connectivity index (χ0n) is 12.7. The van der Waals surface area contributed by atoms with E-state index < -0.39 is 23.5 Å². The fourth-order valence-electron chi connectivity index (χ4n) is 2.38. The van der Waals surface area contributed by atoms with Crippen molar-refractivity contribution in [1.29, 1.82) is 0 Å². The van der Waals surface area contributed by atoms with Crippen LogP contribution in [0.2, 0.25) is 0 Å². The van der Waals surface area contributed by atoms with Gasteiger partial charge in [-0.3, -0.25) is 4.79 Å². The van der Waals surface area contributed by atoms with Gasteiger partial charge in [-0.25, -0.2) is 0 Å². The summed E-state index contributed by atoms with van der Waals surface area (Å²) in [5.41, 5.74) is -4.39. The molecule has 0 heterocycles. The third kappa shape index (κ3) is 3.26. The van der Waals surface area contributed by atoms with Gasteiger partial charge in [0.2, 0.25) is 0 Å². The number of aryl methyl sites for hydroxylation is 1. The molecule has 0 aliphatic carbocycles. The molecule has 0 fully saturated rings. The molecule has 2 rings (SSSR count). The van der Waals surface area contributed by atoms with E-state index in [4.69, 9.17) is 0 Å². The highest BCUT2D eigenvalue weighted by molar-refractivity contribution is 5.79. The predicted molar refractivity (Wildman–Crippen MR) is 78.0 cm³/mol. The van der Waals surface area contributed by atoms with Crippen molar-refractivity contribution in [2.45, 2.75) is 24.9 Å². The monoisotopic (exact) mass is 362 g/mol. The van der Waals surface area contributed by atoms with E-state index in [0.29, 0.717) is 40.7 Å². The number of benzene rings is 2. The number of aldehydes is 1. The first-order chi connectivity index (χ1) is 11.4. The molecule has 0 unspecified atom stereocenters. The van der Waals surface area contributed by atoms with Crippen LogP contribution in [0.4, 0.5) is 26.3 Å². The van der Waals surface area contributed by atoms with Crippen LogP contribution in [0.1, 0.15) is 21.5 Å². The second-order valence-electron chi connectivity index (χ2n) is 5.47. The van der Waals surface area contributed by atoms with E-state index >= 15 is 0 Å². The third-order valence-electron chi connectivity index (χ3n) is 3.85. The van der Waals surface area contributed by atoms with Crippen LogP contribution in [0.3, 0.4) is 0 Å². The van der Waals surface area contributed by atoms with Crippen LogP contribution in [-0.2, 0) is 5.60 Å². The largest absolute Gasteiger partial charge is 0.430 e. The number of hydrogen-bond donors (Lipinski definition) is 1. The molecule has 8 heteroatoms. The lowest BCUT2D eigenvalue weighted by Crippen LogP contribution is -2.53. The number of alkyl halides is 6. The van der Waals surface area contributed by atoms with E-state index in [9.17, 15) is 36.2 Å². The summed E-state index contributed by atoms with van der Waals surface area (Å²) >= 11 is 0. The van der Waals surface area contributed by atoms with Crippen molar-refractivity contribution < 1.29 is 36.2 Å². The summed E-state index contributed by atoms with van der Waals surface area (Å²) < 4.78 is 77.1. The molecular formula is C17H12F6O2. The van der Waals surface area contributed by atoms with E-state index in [1.807, 2.05) is 0 Å². The standard InChI is InChI=1S/C17H12F6O2/c1-10-8-12(2-3-13(10)9-24)11-4-6-14(7-5-11)15(25,16(18,19)20)17(21,22)23/h2-9,25H,1H3. The summed E-state index contributed by atoms with van der Waals surface area (Å²) in [5, 5.41) is 9.34. The van der Waals surface area contributed by atoms with Crippen molar-refractivity contribution in [3.8, 4) is 11.1 Å². The highest BCUT2D eigenvalue weighted by Gasteiger charge is 2.71. The molecule has 2 aromatic rings. The summed E-state index contributed by atoms with van der Waals surface area (Å²) in [5.74, 6) is 0. The average Bonchev–Trinajstić information content (AvgIpc) is 2.52. The maximum Gasteiger partial charge on any atom is 0.430 e. The van der Waals surface area contributed by atoms with E-state index in [0.717, 1.165) is 12.1 Å². The molecule has 0 saturated heterocycles. The van der Waals surface area contributed by atoms with Gasteiger partial charge in [0.25, 0.3) is 5.60 Å². The fourth-order valence-corrected chi connectivity index (χ4v) is 2.38. The normalized spacial score (nSPS) is 13.0. The van der Waals surface area contributed by atoms with Crippen LogP contribution >= 0.6 is 0 Å². The molecule has 0 radical (unpaired) electrons. The SMILES string of the molecule is Cc1cc(-c2ccc(C(O)(C(F)(F)F)C(F)(F)F)cc2)ccc1C=O. The van der Waals surface area contributed by atoms with Crippen LogP contribution in [0.15, 0.2) is 42.5 Å². The lowest BCUT2D eigenvalue weighted by molar-refractivity contribution is -0.376. The van der Waals surface area contributed by atoms with E-state index in [1.165, 1.54) is 12.1 Å². The molecule has 2 nitrogen and oxygen atoms in total. The van der Waals surface area contributed by atoms with Crippen LogP contribution < -0.4 is 0 Å². The molecule has 0 bridgehead atoms. The van der Waals surface area contributed by atoms with Crippen molar-refractivity contribution >= 4 is 6.29 Å². The third-order valence-corrected chi connectivity index (χ3v) is 3.85. The summed E-state index contributed by atoms with van der Waals surface area (Å²) in [6, 6.07) is 7.86. The van der Waals surface area contributed by atoms with Crippen molar-refractivity contribution in [3.63, 3.8) is 0 Å². The molecule has 0 aromatic heterocycles. The first-order valence-electron chi connectivity index (χ1n) is 6.94. The lowest BCUT2D eigenvalue weighted by Gasteiger charge is -2.32. The molecule has 1 N–H and O–H groups in total. The number of halogens is 6. The quantitative estimate of drug-likeness (QED) is 0.630. The zero-order valence-corrected chi connectivity index (χ0v) is 12.7. The molecule has 25 heavy (non-hydrogen) atoms. The molecule has 2 aromatic carbocycles. The molecule has 0 saturated carbocycles. The molecule has 0 atom stereocenters. The predicted octanol–water partition coefficient (Wildman–Crippen LogP) is 4.79. The van der Waals surface area contributed by atoms with Crippen LogP contribution in [0, 0.1) is 6.92 Å². The topological polar surface area (TPSA) is 37.3 Å². The van der Waals surface area contributed by atoms with Gasteiger partial charge >= 0.3 is 12.4 Å². The van der Waals surface area contributed by atoms with Crippen molar-refractivity contribution in [1.82, 2.24) is 0 Å². The van der Waals surface area contributed by atoms with Gasteiger partial charge in [-0.15, -0.1) is 0 Å². The van der Waals surface area contributed by atoms with Gasteiger partial charge in [-0.1, -0.05) is 42.5 Å². The van der Waals surface area contributed by atoms with Crippen LogP contribution in [0.25, 0.3) is 11.1 Å². The summed E-state index contributed by atoms with van der Waals surface area (Å²) in [4.78, 5) is 10.8. The highest BCUT2D eigenvalue weighted by Crippen LogP contribution is 2.50. The smallest absolute Gasteiger partial charge is 0.369 e.